The number of ketones is 1. The van der Waals surface area contributed by atoms with Gasteiger partial charge < -0.3 is 9.68 Å². The molecular formula is C35H30N4O3. The van der Waals surface area contributed by atoms with Gasteiger partial charge in [0.15, 0.2) is 13.2 Å². The van der Waals surface area contributed by atoms with Crippen LogP contribution in [0.5, 0.6) is 0 Å². The molecule has 0 aliphatic rings. The van der Waals surface area contributed by atoms with Gasteiger partial charge >= 0.3 is 0 Å². The molecule has 0 radical (unpaired) electrons. The minimum atomic E-state index is -0.246. The Balaban J connectivity index is 1.16. The molecule has 208 valence electrons. The zero-order valence-electron chi connectivity index (χ0n) is 22.9. The fraction of sp³-hybridized carbons (Fsp3) is 0.114. The molecule has 6 aromatic rings. The van der Waals surface area contributed by atoms with Crippen LogP contribution in [-0.2, 0) is 4.79 Å². The zero-order chi connectivity index (χ0) is 28.6. The molecule has 4 aromatic carbocycles. The first-order valence-corrected chi connectivity index (χ1v) is 13.8. The summed E-state index contributed by atoms with van der Waals surface area (Å²) in [6, 6.07) is 44.5. The van der Waals surface area contributed by atoms with Crippen molar-refractivity contribution < 1.29 is 14.5 Å². The van der Waals surface area contributed by atoms with Gasteiger partial charge in [-0.1, -0.05) is 121 Å². The first-order chi connectivity index (χ1) is 20.8. The third-order valence-electron chi connectivity index (χ3n) is 7.09. The summed E-state index contributed by atoms with van der Waals surface area (Å²) in [6.45, 7) is -0.412. The second kappa shape index (κ2) is 12.8. The molecule has 7 nitrogen and oxygen atoms in total. The third-order valence-corrected chi connectivity index (χ3v) is 7.09. The Kier molecular flexibility index (Phi) is 8.18. The van der Waals surface area contributed by atoms with Gasteiger partial charge in [0.05, 0.1) is 35.6 Å². The molecule has 6 rings (SSSR count). The second-order valence-corrected chi connectivity index (χ2v) is 9.85. The Morgan fingerprint density at radius 1 is 0.500 bits per heavy atom. The molecule has 0 aliphatic heterocycles. The van der Waals surface area contributed by atoms with E-state index in [0.717, 1.165) is 33.6 Å². The number of Topliss-reactive ketones (excluding diaryl/α,β-unsaturated/α-hetero) is 1. The zero-order valence-corrected chi connectivity index (χ0v) is 22.9. The van der Waals surface area contributed by atoms with Crippen LogP contribution in [0.25, 0.3) is 0 Å². The lowest BCUT2D eigenvalue weighted by Gasteiger charge is -2.20. The lowest BCUT2D eigenvalue weighted by Crippen LogP contribution is -2.30. The van der Waals surface area contributed by atoms with Crippen LogP contribution in [-0.4, -0.2) is 38.9 Å². The lowest BCUT2D eigenvalue weighted by molar-refractivity contribution is -0.130. The summed E-state index contributed by atoms with van der Waals surface area (Å²) in [5.74, 6) is -0.466. The Morgan fingerprint density at radius 3 is 1.12 bits per heavy atom. The molecule has 2 heterocycles. The van der Waals surface area contributed by atoms with Gasteiger partial charge in [-0.05, 0) is 34.4 Å². The smallest absolute Gasteiger partial charge is 0.213 e. The van der Waals surface area contributed by atoms with Crippen molar-refractivity contribution in [2.24, 2.45) is 0 Å². The van der Waals surface area contributed by atoms with Crippen LogP contribution < -0.4 is 9.68 Å². The number of nitrogens with zero attached hydrogens (tertiary/aromatic N) is 4. The highest BCUT2D eigenvalue weighted by Crippen LogP contribution is 2.32. The Bertz CT molecular complexity index is 1490. The summed E-state index contributed by atoms with van der Waals surface area (Å²) in [6.07, 6.45) is 3.36. The first kappa shape index (κ1) is 26.8. The van der Waals surface area contributed by atoms with E-state index in [4.69, 9.17) is 9.68 Å². The molecule has 0 bridgehead atoms. The summed E-state index contributed by atoms with van der Waals surface area (Å²) in [7, 11) is 0. The average Bonchev–Trinajstić information content (AvgIpc) is 3.71. The van der Waals surface area contributed by atoms with Crippen LogP contribution in [0.15, 0.2) is 146 Å². The number of benzene rings is 4. The maximum atomic E-state index is 12.9. The van der Waals surface area contributed by atoms with Gasteiger partial charge in [-0.15, -0.1) is 19.9 Å². The predicted octanol–water partition coefficient (Wildman–Crippen LogP) is 5.57. The molecule has 0 N–H and O–H groups in total. The van der Waals surface area contributed by atoms with E-state index >= 15 is 0 Å². The van der Waals surface area contributed by atoms with Gasteiger partial charge in [-0.2, -0.15) is 0 Å². The molecular weight excluding hydrogens is 524 g/mol. The van der Waals surface area contributed by atoms with E-state index in [2.05, 4.69) is 58.7 Å². The Morgan fingerprint density at radius 2 is 0.810 bits per heavy atom. The lowest BCUT2D eigenvalue weighted by atomic mass is 9.89. The van der Waals surface area contributed by atoms with Gasteiger partial charge in [0.1, 0.15) is 0 Å². The molecule has 0 unspecified atom stereocenters. The number of aromatic nitrogens is 4. The second-order valence-electron chi connectivity index (χ2n) is 9.85. The monoisotopic (exact) mass is 554 g/mol. The Hall–Kier alpha value is -5.43. The SMILES string of the molecule is O=C(COn1nccc1C(c1ccccc1)c1ccccc1)COn1nccc1C(c1ccccc1)c1ccccc1. The number of carbonyl (C=O) groups excluding carboxylic acids is 1. The van der Waals surface area contributed by atoms with Crippen LogP contribution in [0.4, 0.5) is 0 Å². The van der Waals surface area contributed by atoms with Gasteiger partial charge in [0.25, 0.3) is 0 Å². The highest BCUT2D eigenvalue weighted by atomic mass is 16.7. The normalized spacial score (nSPS) is 11.1. The largest absolute Gasteiger partial charge is 0.388 e. The van der Waals surface area contributed by atoms with Crippen molar-refractivity contribution in [3.63, 3.8) is 0 Å². The van der Waals surface area contributed by atoms with Crippen LogP contribution in [0.1, 0.15) is 45.5 Å². The summed E-state index contributed by atoms with van der Waals surface area (Å²) in [5.41, 5.74) is 6.04. The van der Waals surface area contributed by atoms with E-state index in [0.29, 0.717) is 0 Å². The first-order valence-electron chi connectivity index (χ1n) is 13.8. The highest BCUT2D eigenvalue weighted by molar-refractivity contribution is 5.80. The van der Waals surface area contributed by atoms with E-state index in [9.17, 15) is 4.79 Å². The summed E-state index contributed by atoms with van der Waals surface area (Å²) >= 11 is 0. The molecule has 0 atom stereocenters. The van der Waals surface area contributed by atoms with Crippen molar-refractivity contribution in [1.82, 2.24) is 19.9 Å². The molecule has 2 aromatic heterocycles. The maximum absolute atomic E-state index is 12.9. The van der Waals surface area contributed by atoms with Crippen molar-refractivity contribution in [2.75, 3.05) is 13.2 Å². The molecule has 0 saturated heterocycles. The van der Waals surface area contributed by atoms with E-state index in [1.165, 1.54) is 9.69 Å². The van der Waals surface area contributed by atoms with Gasteiger partial charge in [-0.3, -0.25) is 4.79 Å². The van der Waals surface area contributed by atoms with Gasteiger partial charge in [0.2, 0.25) is 5.78 Å². The van der Waals surface area contributed by atoms with Gasteiger partial charge in [-0.25, -0.2) is 0 Å². The molecule has 0 amide bonds. The average molecular weight is 555 g/mol. The number of carbonyl (C=O) groups is 1. The van der Waals surface area contributed by atoms with Crippen LogP contribution in [0.2, 0.25) is 0 Å². The number of hydrogen-bond acceptors (Lipinski definition) is 5. The van der Waals surface area contributed by atoms with Crippen molar-refractivity contribution in [3.05, 3.63) is 179 Å². The van der Waals surface area contributed by atoms with Crippen molar-refractivity contribution in [2.45, 2.75) is 11.8 Å². The summed E-state index contributed by atoms with van der Waals surface area (Å²) in [4.78, 5) is 27.6. The summed E-state index contributed by atoms with van der Waals surface area (Å²) < 4.78 is 0. The molecule has 0 fully saturated rings. The number of hydrogen-bond donors (Lipinski definition) is 0. The van der Waals surface area contributed by atoms with Crippen molar-refractivity contribution >= 4 is 5.78 Å². The highest BCUT2D eigenvalue weighted by Gasteiger charge is 2.23. The van der Waals surface area contributed by atoms with Crippen molar-refractivity contribution in [1.29, 1.82) is 0 Å². The molecule has 0 saturated carbocycles. The number of rotatable bonds is 12. The van der Waals surface area contributed by atoms with E-state index < -0.39 is 0 Å². The van der Waals surface area contributed by atoms with Crippen molar-refractivity contribution in [3.8, 4) is 0 Å². The Labute approximate surface area is 244 Å². The minimum absolute atomic E-state index is 0.110. The summed E-state index contributed by atoms with van der Waals surface area (Å²) in [5, 5.41) is 8.72. The molecule has 0 spiro atoms. The van der Waals surface area contributed by atoms with E-state index in [1.807, 2.05) is 84.9 Å². The fourth-order valence-corrected chi connectivity index (χ4v) is 5.19. The maximum Gasteiger partial charge on any atom is 0.213 e. The predicted molar refractivity (Wildman–Crippen MR) is 160 cm³/mol. The molecule has 7 heteroatoms. The van der Waals surface area contributed by atoms with Crippen LogP contribution in [0.3, 0.4) is 0 Å². The fourth-order valence-electron chi connectivity index (χ4n) is 5.19. The minimum Gasteiger partial charge on any atom is -0.388 e. The standard InChI is InChI=1S/C35H30N4O3/c40-31(25-41-38-32(21-23-36-38)34(27-13-5-1-6-14-27)28-15-7-2-8-16-28)26-42-39-33(22-24-37-39)35(29-17-9-3-10-18-29)30-19-11-4-12-20-30/h1-24,34-35H,25-26H2. The third kappa shape index (κ3) is 6.00. The van der Waals surface area contributed by atoms with E-state index in [-0.39, 0.29) is 30.8 Å². The van der Waals surface area contributed by atoms with E-state index in [1.54, 1.807) is 12.4 Å². The molecule has 0 aliphatic carbocycles. The topological polar surface area (TPSA) is 71.2 Å². The van der Waals surface area contributed by atoms with Gasteiger partial charge in [0, 0.05) is 0 Å². The van der Waals surface area contributed by atoms with Crippen LogP contribution >= 0.6 is 0 Å². The quantitative estimate of drug-likeness (QED) is 0.198. The van der Waals surface area contributed by atoms with Crippen LogP contribution in [0, 0.1) is 0 Å². The molecule has 42 heavy (non-hydrogen) atoms.